The number of hydrogen-bond acceptors (Lipinski definition) is 5. The van der Waals surface area contributed by atoms with Gasteiger partial charge < -0.3 is 19.1 Å². The fourth-order valence-electron chi connectivity index (χ4n) is 2.58. The Bertz CT molecular complexity index is 888. The first-order valence-electron chi connectivity index (χ1n) is 7.36. The van der Waals surface area contributed by atoms with Gasteiger partial charge in [0.15, 0.2) is 17.3 Å². The van der Waals surface area contributed by atoms with Crippen LogP contribution in [-0.4, -0.2) is 24.5 Å². The molecule has 2 aromatic carbocycles. The molecule has 1 aromatic heterocycles. The van der Waals surface area contributed by atoms with E-state index in [1.165, 1.54) is 0 Å². The third-order valence-corrected chi connectivity index (χ3v) is 4.42. The first-order valence-corrected chi connectivity index (χ1v) is 8.12. The highest BCUT2D eigenvalue weighted by molar-refractivity contribution is 6.39. The van der Waals surface area contributed by atoms with Gasteiger partial charge >= 0.3 is 0 Å². The molecule has 0 saturated heterocycles. The van der Waals surface area contributed by atoms with Crippen LogP contribution in [0.1, 0.15) is 5.56 Å². The maximum atomic E-state index is 9.88. The summed E-state index contributed by atoms with van der Waals surface area (Å²) in [5.74, 6) is 1.54. The zero-order chi connectivity index (χ0) is 18.0. The molecule has 25 heavy (non-hydrogen) atoms. The van der Waals surface area contributed by atoms with E-state index in [-0.39, 0.29) is 6.61 Å². The fourth-order valence-corrected chi connectivity index (χ4v) is 3.16. The number of methoxy groups -OCH3 is 2. The molecule has 7 heteroatoms. The number of rotatable bonds is 5. The maximum Gasteiger partial charge on any atom is 0.173 e. The number of hydrogen-bond donors (Lipinski definition) is 1. The Labute approximate surface area is 154 Å². The molecule has 0 amide bonds. The second-order valence-electron chi connectivity index (χ2n) is 5.16. The number of ether oxygens (including phenoxy) is 2. The number of benzene rings is 2. The molecule has 0 radical (unpaired) electrons. The van der Waals surface area contributed by atoms with E-state index in [9.17, 15) is 5.11 Å². The van der Waals surface area contributed by atoms with Gasteiger partial charge in [-0.15, -0.1) is 0 Å². The zero-order valence-corrected chi connectivity index (χ0v) is 15.1. The summed E-state index contributed by atoms with van der Waals surface area (Å²) < 4.78 is 16.0. The molecule has 3 aromatic rings. The minimum absolute atomic E-state index is 0.288. The zero-order valence-electron chi connectivity index (χ0n) is 13.5. The van der Waals surface area contributed by atoms with Crippen LogP contribution in [0.25, 0.3) is 22.6 Å². The van der Waals surface area contributed by atoms with Gasteiger partial charge in [0.1, 0.15) is 5.69 Å². The molecule has 130 valence electrons. The first-order chi connectivity index (χ1) is 12.1. The molecular formula is C18H15Cl2NO4. The highest BCUT2D eigenvalue weighted by atomic mass is 35.5. The maximum absolute atomic E-state index is 9.88. The molecule has 0 aliphatic rings. The second-order valence-corrected chi connectivity index (χ2v) is 5.98. The number of nitrogens with zero attached hydrogens (tertiary/aromatic N) is 1. The van der Waals surface area contributed by atoms with E-state index in [0.717, 1.165) is 0 Å². The molecule has 0 aliphatic carbocycles. The van der Waals surface area contributed by atoms with Crippen LogP contribution >= 0.6 is 23.2 Å². The Kier molecular flexibility index (Phi) is 5.18. The van der Waals surface area contributed by atoms with Crippen LogP contribution in [0.3, 0.4) is 0 Å². The largest absolute Gasteiger partial charge is 0.493 e. The average Bonchev–Trinajstić information content (AvgIpc) is 3.04. The molecule has 5 nitrogen and oxygen atoms in total. The third-order valence-electron chi connectivity index (χ3n) is 3.79. The lowest BCUT2D eigenvalue weighted by molar-refractivity contribution is 0.281. The van der Waals surface area contributed by atoms with Gasteiger partial charge in [0.2, 0.25) is 0 Å². The molecular weight excluding hydrogens is 365 g/mol. The minimum atomic E-state index is -0.288. The van der Waals surface area contributed by atoms with E-state index in [0.29, 0.717) is 49.7 Å². The Hall–Kier alpha value is -2.21. The summed E-state index contributed by atoms with van der Waals surface area (Å²) in [6.45, 7) is -0.288. The summed E-state index contributed by atoms with van der Waals surface area (Å²) in [4.78, 5) is 0. The lowest BCUT2D eigenvalue weighted by Crippen LogP contribution is -1.93. The number of aromatic nitrogens is 1. The van der Waals surface area contributed by atoms with Gasteiger partial charge in [-0.3, -0.25) is 0 Å². The number of aliphatic hydroxyl groups is 1. The van der Waals surface area contributed by atoms with Crippen molar-refractivity contribution in [3.8, 4) is 34.1 Å². The predicted molar refractivity (Wildman–Crippen MR) is 96.4 cm³/mol. The van der Waals surface area contributed by atoms with Crippen molar-refractivity contribution < 1.29 is 19.1 Å². The lowest BCUT2D eigenvalue weighted by Gasteiger charge is -2.09. The first kappa shape index (κ1) is 17.6. The summed E-state index contributed by atoms with van der Waals surface area (Å²) in [7, 11) is 3.10. The molecule has 0 spiro atoms. The Morgan fingerprint density at radius 1 is 1.04 bits per heavy atom. The van der Waals surface area contributed by atoms with Gasteiger partial charge in [-0.2, -0.15) is 0 Å². The Balaban J connectivity index is 2.16. The highest BCUT2D eigenvalue weighted by Crippen LogP contribution is 2.41. The predicted octanol–water partition coefficient (Wildman–Crippen LogP) is 4.82. The van der Waals surface area contributed by atoms with Crippen molar-refractivity contribution in [1.82, 2.24) is 5.16 Å². The van der Waals surface area contributed by atoms with Crippen molar-refractivity contribution in [2.75, 3.05) is 14.2 Å². The van der Waals surface area contributed by atoms with Crippen LogP contribution in [0.4, 0.5) is 0 Å². The number of aliphatic hydroxyl groups excluding tert-OH is 1. The van der Waals surface area contributed by atoms with Crippen molar-refractivity contribution >= 4 is 23.2 Å². The van der Waals surface area contributed by atoms with E-state index in [2.05, 4.69) is 5.16 Å². The SMILES string of the molecule is COc1ccc(-c2onc(-c3c(Cl)cccc3Cl)c2CO)cc1OC. The van der Waals surface area contributed by atoms with Crippen LogP contribution in [-0.2, 0) is 6.61 Å². The molecule has 0 saturated carbocycles. The van der Waals surface area contributed by atoms with Crippen molar-refractivity contribution in [2.24, 2.45) is 0 Å². The molecule has 0 atom stereocenters. The van der Waals surface area contributed by atoms with Crippen LogP contribution in [0, 0.1) is 0 Å². The van der Waals surface area contributed by atoms with Crippen LogP contribution in [0.15, 0.2) is 40.9 Å². The summed E-state index contributed by atoms with van der Waals surface area (Å²) >= 11 is 12.5. The smallest absolute Gasteiger partial charge is 0.173 e. The van der Waals surface area contributed by atoms with Crippen molar-refractivity contribution in [2.45, 2.75) is 6.61 Å². The van der Waals surface area contributed by atoms with E-state index in [1.807, 2.05) is 0 Å². The second kappa shape index (κ2) is 7.35. The van der Waals surface area contributed by atoms with Crippen LogP contribution < -0.4 is 9.47 Å². The Morgan fingerprint density at radius 3 is 2.32 bits per heavy atom. The summed E-state index contributed by atoms with van der Waals surface area (Å²) in [6.07, 6.45) is 0. The standard InChI is InChI=1S/C18H15Cl2NO4/c1-23-14-7-6-10(8-15(14)24-2)18-11(9-22)17(21-25-18)16-12(19)4-3-5-13(16)20/h3-8,22H,9H2,1-2H3. The van der Waals surface area contributed by atoms with E-state index in [1.54, 1.807) is 50.6 Å². The van der Waals surface area contributed by atoms with E-state index < -0.39 is 0 Å². The molecule has 1 heterocycles. The summed E-state index contributed by atoms with van der Waals surface area (Å²) in [5.41, 5.74) is 2.10. The topological polar surface area (TPSA) is 64.7 Å². The quantitative estimate of drug-likeness (QED) is 0.687. The van der Waals surface area contributed by atoms with Gasteiger partial charge in [0, 0.05) is 11.1 Å². The third kappa shape index (κ3) is 3.18. The Morgan fingerprint density at radius 2 is 1.72 bits per heavy atom. The highest BCUT2D eigenvalue weighted by Gasteiger charge is 2.22. The monoisotopic (exact) mass is 379 g/mol. The average molecular weight is 380 g/mol. The van der Waals surface area contributed by atoms with Crippen molar-refractivity contribution in [3.05, 3.63) is 52.0 Å². The molecule has 0 fully saturated rings. The number of halogens is 2. The van der Waals surface area contributed by atoms with Gasteiger partial charge in [-0.1, -0.05) is 34.4 Å². The molecule has 0 bridgehead atoms. The van der Waals surface area contributed by atoms with E-state index >= 15 is 0 Å². The van der Waals surface area contributed by atoms with Crippen molar-refractivity contribution in [3.63, 3.8) is 0 Å². The van der Waals surface area contributed by atoms with Crippen LogP contribution in [0.5, 0.6) is 11.5 Å². The molecule has 1 N–H and O–H groups in total. The van der Waals surface area contributed by atoms with Crippen LogP contribution in [0.2, 0.25) is 10.0 Å². The van der Waals surface area contributed by atoms with Crippen molar-refractivity contribution in [1.29, 1.82) is 0 Å². The minimum Gasteiger partial charge on any atom is -0.493 e. The fraction of sp³-hybridized carbons (Fsp3) is 0.167. The van der Waals surface area contributed by atoms with Gasteiger partial charge in [0.25, 0.3) is 0 Å². The van der Waals surface area contributed by atoms with Gasteiger partial charge in [-0.05, 0) is 30.3 Å². The normalized spacial score (nSPS) is 10.8. The van der Waals surface area contributed by atoms with E-state index in [4.69, 9.17) is 37.2 Å². The molecule has 3 rings (SSSR count). The summed E-state index contributed by atoms with van der Waals surface area (Å²) in [6, 6.07) is 10.4. The molecule has 0 aliphatic heterocycles. The van der Waals surface area contributed by atoms with Gasteiger partial charge in [0.05, 0.1) is 36.4 Å². The molecule has 0 unspecified atom stereocenters. The lowest BCUT2D eigenvalue weighted by atomic mass is 10.0. The van der Waals surface area contributed by atoms with Gasteiger partial charge in [-0.25, -0.2) is 0 Å². The summed E-state index contributed by atoms with van der Waals surface area (Å²) in [5, 5.41) is 14.8.